The average Bonchev–Trinajstić information content (AvgIpc) is 2.93. The number of anilines is 2. The van der Waals surface area contributed by atoms with Crippen molar-refractivity contribution in [3.05, 3.63) is 72.8 Å². The van der Waals surface area contributed by atoms with Crippen molar-refractivity contribution in [2.24, 2.45) is 0 Å². The second kappa shape index (κ2) is 5.47. The van der Waals surface area contributed by atoms with E-state index in [9.17, 15) is 0 Å². The molecule has 1 aromatic heterocycles. The average molecular weight is 301 g/mol. The molecule has 23 heavy (non-hydrogen) atoms. The molecule has 0 aliphatic carbocycles. The van der Waals surface area contributed by atoms with Gasteiger partial charge in [0, 0.05) is 34.3 Å². The fourth-order valence-corrected chi connectivity index (χ4v) is 3.20. The number of rotatable bonds is 3. The Kier molecular flexibility index (Phi) is 3.30. The maximum atomic E-state index is 6.03. The van der Waals surface area contributed by atoms with Crippen LogP contribution in [0.1, 0.15) is 13.8 Å². The van der Waals surface area contributed by atoms with Gasteiger partial charge >= 0.3 is 0 Å². The maximum Gasteiger partial charge on any atom is 0.137 e. The van der Waals surface area contributed by atoms with Crippen LogP contribution < -0.4 is 4.90 Å². The van der Waals surface area contributed by atoms with Gasteiger partial charge in [0.05, 0.1) is 0 Å². The van der Waals surface area contributed by atoms with E-state index < -0.39 is 0 Å². The van der Waals surface area contributed by atoms with Crippen molar-refractivity contribution in [2.75, 3.05) is 4.90 Å². The Balaban J connectivity index is 1.88. The molecular weight excluding hydrogens is 282 g/mol. The monoisotopic (exact) mass is 301 g/mol. The maximum absolute atomic E-state index is 6.03. The zero-order chi connectivity index (χ0) is 15.8. The summed E-state index contributed by atoms with van der Waals surface area (Å²) in [4.78, 5) is 2.33. The number of para-hydroxylation sites is 2. The van der Waals surface area contributed by atoms with E-state index in [0.29, 0.717) is 6.04 Å². The van der Waals surface area contributed by atoms with Gasteiger partial charge in [0.15, 0.2) is 0 Å². The molecule has 0 bridgehead atoms. The molecule has 0 N–H and O–H groups in total. The van der Waals surface area contributed by atoms with Crippen molar-refractivity contribution >= 4 is 33.3 Å². The molecule has 4 aromatic rings. The number of hydrogen-bond acceptors (Lipinski definition) is 2. The molecule has 0 amide bonds. The van der Waals surface area contributed by atoms with Crippen LogP contribution in [0.3, 0.4) is 0 Å². The van der Waals surface area contributed by atoms with Crippen molar-refractivity contribution in [3.63, 3.8) is 0 Å². The molecule has 0 saturated heterocycles. The normalized spacial score (nSPS) is 11.4. The lowest BCUT2D eigenvalue weighted by Gasteiger charge is -2.29. The van der Waals surface area contributed by atoms with Crippen LogP contribution in [0.15, 0.2) is 77.2 Å². The molecule has 0 fully saturated rings. The summed E-state index contributed by atoms with van der Waals surface area (Å²) in [7, 11) is 0. The summed E-state index contributed by atoms with van der Waals surface area (Å²) in [5, 5.41) is 2.34. The molecule has 1 heterocycles. The Morgan fingerprint density at radius 2 is 1.39 bits per heavy atom. The van der Waals surface area contributed by atoms with Crippen LogP contribution in [0.2, 0.25) is 0 Å². The molecule has 114 valence electrons. The van der Waals surface area contributed by atoms with Crippen LogP contribution in [0, 0.1) is 0 Å². The summed E-state index contributed by atoms with van der Waals surface area (Å²) in [5.41, 5.74) is 4.22. The van der Waals surface area contributed by atoms with Crippen LogP contribution >= 0.6 is 0 Å². The van der Waals surface area contributed by atoms with Crippen molar-refractivity contribution in [2.45, 2.75) is 19.9 Å². The van der Waals surface area contributed by atoms with Crippen LogP contribution in [-0.2, 0) is 0 Å². The second-order valence-corrected chi connectivity index (χ2v) is 6.08. The van der Waals surface area contributed by atoms with Gasteiger partial charge in [-0.05, 0) is 44.2 Å². The first kappa shape index (κ1) is 13.9. The zero-order valence-electron chi connectivity index (χ0n) is 13.4. The van der Waals surface area contributed by atoms with Crippen molar-refractivity contribution in [3.8, 4) is 0 Å². The molecule has 0 radical (unpaired) electrons. The molecule has 0 aliphatic heterocycles. The molecule has 0 spiro atoms. The van der Waals surface area contributed by atoms with Gasteiger partial charge in [-0.25, -0.2) is 0 Å². The molecule has 0 atom stereocenters. The van der Waals surface area contributed by atoms with Crippen molar-refractivity contribution < 1.29 is 4.42 Å². The van der Waals surface area contributed by atoms with Crippen molar-refractivity contribution in [1.82, 2.24) is 0 Å². The molecule has 2 nitrogen and oxygen atoms in total. The summed E-state index contributed by atoms with van der Waals surface area (Å²) >= 11 is 0. The van der Waals surface area contributed by atoms with Crippen LogP contribution in [-0.4, -0.2) is 6.04 Å². The minimum absolute atomic E-state index is 0.360. The molecule has 2 heteroatoms. The summed E-state index contributed by atoms with van der Waals surface area (Å²) in [6.45, 7) is 4.41. The Morgan fingerprint density at radius 3 is 2.17 bits per heavy atom. The predicted molar refractivity (Wildman–Crippen MR) is 97.4 cm³/mol. The lowest BCUT2D eigenvalue weighted by Crippen LogP contribution is -2.25. The van der Waals surface area contributed by atoms with Gasteiger partial charge in [0.2, 0.25) is 0 Å². The minimum atomic E-state index is 0.360. The molecule has 0 unspecified atom stereocenters. The molecule has 4 rings (SSSR count). The van der Waals surface area contributed by atoms with E-state index in [1.54, 1.807) is 0 Å². The predicted octanol–water partition coefficient (Wildman–Crippen LogP) is 6.13. The van der Waals surface area contributed by atoms with Gasteiger partial charge in [0.25, 0.3) is 0 Å². The first-order valence-corrected chi connectivity index (χ1v) is 7.99. The van der Waals surface area contributed by atoms with Gasteiger partial charge in [-0.15, -0.1) is 0 Å². The summed E-state index contributed by atoms with van der Waals surface area (Å²) in [5.74, 6) is 0. The molecular formula is C21H19NO. The first-order chi connectivity index (χ1) is 11.2. The molecule has 0 aliphatic rings. The topological polar surface area (TPSA) is 16.4 Å². The smallest absolute Gasteiger partial charge is 0.137 e. The summed E-state index contributed by atoms with van der Waals surface area (Å²) in [6.07, 6.45) is 0. The highest BCUT2D eigenvalue weighted by Crippen LogP contribution is 2.34. The number of fused-ring (bicyclic) bond motifs is 3. The van der Waals surface area contributed by atoms with Gasteiger partial charge < -0.3 is 9.32 Å². The Hall–Kier alpha value is -2.74. The van der Waals surface area contributed by atoms with Gasteiger partial charge in [-0.3, -0.25) is 0 Å². The third kappa shape index (κ3) is 2.36. The third-order valence-corrected chi connectivity index (χ3v) is 4.19. The van der Waals surface area contributed by atoms with E-state index in [1.165, 1.54) is 16.5 Å². The molecule has 3 aromatic carbocycles. The van der Waals surface area contributed by atoms with Gasteiger partial charge in [-0.1, -0.05) is 36.4 Å². The van der Waals surface area contributed by atoms with Crippen molar-refractivity contribution in [1.29, 1.82) is 0 Å². The second-order valence-electron chi connectivity index (χ2n) is 6.08. The van der Waals surface area contributed by atoms with Crippen LogP contribution in [0.25, 0.3) is 21.9 Å². The van der Waals surface area contributed by atoms with Crippen LogP contribution in [0.5, 0.6) is 0 Å². The Morgan fingerprint density at radius 1 is 0.696 bits per heavy atom. The summed E-state index contributed by atoms with van der Waals surface area (Å²) < 4.78 is 6.03. The third-order valence-electron chi connectivity index (χ3n) is 4.19. The lowest BCUT2D eigenvalue weighted by atomic mass is 10.1. The highest BCUT2D eigenvalue weighted by molar-refractivity contribution is 6.05. The van der Waals surface area contributed by atoms with Gasteiger partial charge in [-0.2, -0.15) is 0 Å². The SMILES string of the molecule is CC(C)N(c1ccccc1)c1ccc2c(c1)oc1ccccc12. The van der Waals surface area contributed by atoms with E-state index >= 15 is 0 Å². The fourth-order valence-electron chi connectivity index (χ4n) is 3.20. The molecule has 0 saturated carbocycles. The van der Waals surface area contributed by atoms with Gasteiger partial charge in [0.1, 0.15) is 11.2 Å². The quantitative estimate of drug-likeness (QED) is 0.452. The van der Waals surface area contributed by atoms with E-state index in [-0.39, 0.29) is 0 Å². The van der Waals surface area contributed by atoms with E-state index in [4.69, 9.17) is 4.42 Å². The highest BCUT2D eigenvalue weighted by atomic mass is 16.3. The van der Waals surface area contributed by atoms with E-state index in [2.05, 4.69) is 73.3 Å². The number of hydrogen-bond donors (Lipinski definition) is 0. The zero-order valence-corrected chi connectivity index (χ0v) is 13.4. The fraction of sp³-hybridized carbons (Fsp3) is 0.143. The largest absolute Gasteiger partial charge is 0.456 e. The minimum Gasteiger partial charge on any atom is -0.456 e. The highest BCUT2D eigenvalue weighted by Gasteiger charge is 2.15. The Bertz CT molecular complexity index is 953. The summed E-state index contributed by atoms with van der Waals surface area (Å²) in [6, 6.07) is 25.5. The van der Waals surface area contributed by atoms with E-state index in [1.807, 2.05) is 18.2 Å². The number of benzene rings is 3. The standard InChI is InChI=1S/C21H19NO/c1-15(2)22(16-8-4-3-5-9-16)17-12-13-19-18-10-6-7-11-20(18)23-21(19)14-17/h3-15H,1-2H3. The first-order valence-electron chi connectivity index (χ1n) is 7.99. The Labute approximate surface area is 136 Å². The number of nitrogens with zero attached hydrogens (tertiary/aromatic N) is 1. The van der Waals surface area contributed by atoms with Crippen LogP contribution in [0.4, 0.5) is 11.4 Å². The lowest BCUT2D eigenvalue weighted by molar-refractivity contribution is 0.668. The van der Waals surface area contributed by atoms with E-state index in [0.717, 1.165) is 16.9 Å². The number of furan rings is 1.